The van der Waals surface area contributed by atoms with Crippen LogP contribution in [0.25, 0.3) is 0 Å². The van der Waals surface area contributed by atoms with Crippen LogP contribution >= 0.6 is 0 Å². The van der Waals surface area contributed by atoms with Crippen molar-refractivity contribution in [1.82, 2.24) is 0 Å². The fraction of sp³-hybridized carbons (Fsp3) is 0.167. The SMILES string of the molecule is CCOC(=O)/C=C/[C@@H](Nc1ccccc1)c1ccccc1. The number of nitrogens with one attached hydrogen (secondary N) is 1. The highest BCUT2D eigenvalue weighted by molar-refractivity contribution is 5.82. The largest absolute Gasteiger partial charge is 0.463 e. The maximum Gasteiger partial charge on any atom is 0.330 e. The van der Waals surface area contributed by atoms with Crippen LogP contribution in [-0.2, 0) is 9.53 Å². The summed E-state index contributed by atoms with van der Waals surface area (Å²) in [5.74, 6) is -0.326. The second kappa shape index (κ2) is 7.90. The molecule has 0 unspecified atom stereocenters. The molecule has 0 aromatic heterocycles. The van der Waals surface area contributed by atoms with Gasteiger partial charge >= 0.3 is 5.97 Å². The summed E-state index contributed by atoms with van der Waals surface area (Å²) in [5, 5.41) is 3.40. The van der Waals surface area contributed by atoms with Gasteiger partial charge in [0.05, 0.1) is 12.6 Å². The van der Waals surface area contributed by atoms with Gasteiger partial charge < -0.3 is 10.1 Å². The fourth-order valence-electron chi connectivity index (χ4n) is 1.98. The van der Waals surface area contributed by atoms with E-state index in [2.05, 4.69) is 5.32 Å². The van der Waals surface area contributed by atoms with Crippen LogP contribution < -0.4 is 5.32 Å². The van der Waals surface area contributed by atoms with Crippen molar-refractivity contribution in [2.45, 2.75) is 13.0 Å². The highest BCUT2D eigenvalue weighted by Gasteiger charge is 2.08. The average Bonchev–Trinajstić information content (AvgIpc) is 2.53. The van der Waals surface area contributed by atoms with Crippen LogP contribution in [0.4, 0.5) is 5.69 Å². The second-order valence-electron chi connectivity index (χ2n) is 4.51. The van der Waals surface area contributed by atoms with Gasteiger partial charge in [0.25, 0.3) is 0 Å². The normalized spacial score (nSPS) is 12.0. The van der Waals surface area contributed by atoms with Crippen LogP contribution in [0.15, 0.2) is 72.8 Å². The number of hydrogen-bond acceptors (Lipinski definition) is 3. The Labute approximate surface area is 125 Å². The standard InChI is InChI=1S/C18H19NO2/c1-2-21-18(20)14-13-17(15-9-5-3-6-10-15)19-16-11-7-4-8-12-16/h3-14,17,19H,2H2,1H3/b14-13+/t17-/m1/s1. The smallest absolute Gasteiger partial charge is 0.330 e. The molecule has 0 fully saturated rings. The molecule has 3 heteroatoms. The molecule has 108 valence electrons. The molecule has 0 radical (unpaired) electrons. The minimum Gasteiger partial charge on any atom is -0.463 e. The molecule has 0 aliphatic heterocycles. The number of rotatable bonds is 6. The highest BCUT2D eigenvalue weighted by Crippen LogP contribution is 2.20. The molecule has 1 atom stereocenters. The van der Waals surface area contributed by atoms with E-state index in [0.717, 1.165) is 11.3 Å². The summed E-state index contributed by atoms with van der Waals surface area (Å²) in [6.45, 7) is 2.17. The Hall–Kier alpha value is -2.55. The van der Waals surface area contributed by atoms with E-state index in [4.69, 9.17) is 4.74 Å². The number of anilines is 1. The number of benzene rings is 2. The van der Waals surface area contributed by atoms with E-state index < -0.39 is 0 Å². The molecule has 3 nitrogen and oxygen atoms in total. The van der Waals surface area contributed by atoms with E-state index in [1.54, 1.807) is 6.92 Å². The van der Waals surface area contributed by atoms with Crippen LogP contribution in [0.3, 0.4) is 0 Å². The van der Waals surface area contributed by atoms with Crippen molar-refractivity contribution in [3.63, 3.8) is 0 Å². The van der Waals surface area contributed by atoms with Crippen molar-refractivity contribution in [3.05, 3.63) is 78.4 Å². The van der Waals surface area contributed by atoms with Crippen molar-refractivity contribution in [3.8, 4) is 0 Å². The van der Waals surface area contributed by atoms with Gasteiger partial charge in [0, 0.05) is 11.8 Å². The van der Waals surface area contributed by atoms with Gasteiger partial charge in [-0.1, -0.05) is 54.6 Å². The molecule has 0 bridgehead atoms. The first-order valence-corrected chi connectivity index (χ1v) is 7.01. The van der Waals surface area contributed by atoms with Gasteiger partial charge in [0.15, 0.2) is 0 Å². The van der Waals surface area contributed by atoms with Crippen LogP contribution in [0.5, 0.6) is 0 Å². The summed E-state index contributed by atoms with van der Waals surface area (Å²) >= 11 is 0. The third kappa shape index (κ3) is 4.80. The molecule has 0 aliphatic rings. The maximum atomic E-state index is 11.5. The predicted molar refractivity (Wildman–Crippen MR) is 85.0 cm³/mol. The first-order chi connectivity index (χ1) is 10.3. The van der Waals surface area contributed by atoms with Crippen molar-refractivity contribution >= 4 is 11.7 Å². The van der Waals surface area contributed by atoms with Crippen LogP contribution in [0.2, 0.25) is 0 Å². The molecular weight excluding hydrogens is 262 g/mol. The lowest BCUT2D eigenvalue weighted by Gasteiger charge is -2.17. The number of para-hydroxylation sites is 1. The summed E-state index contributed by atoms with van der Waals surface area (Å²) in [6.07, 6.45) is 3.29. The monoisotopic (exact) mass is 281 g/mol. The zero-order chi connectivity index (χ0) is 14.9. The molecule has 2 aromatic carbocycles. The van der Waals surface area contributed by atoms with Gasteiger partial charge in [-0.25, -0.2) is 4.79 Å². The van der Waals surface area contributed by atoms with Crippen molar-refractivity contribution < 1.29 is 9.53 Å². The van der Waals surface area contributed by atoms with E-state index in [0.29, 0.717) is 6.61 Å². The minimum atomic E-state index is -0.326. The molecule has 0 heterocycles. The van der Waals surface area contributed by atoms with Crippen LogP contribution in [0, 0.1) is 0 Å². The van der Waals surface area contributed by atoms with E-state index in [1.165, 1.54) is 6.08 Å². The Balaban J connectivity index is 2.17. The predicted octanol–water partition coefficient (Wildman–Crippen LogP) is 3.96. The summed E-state index contributed by atoms with van der Waals surface area (Å²) in [4.78, 5) is 11.5. The van der Waals surface area contributed by atoms with E-state index in [9.17, 15) is 4.79 Å². The Morgan fingerprint density at radius 3 is 2.33 bits per heavy atom. The Morgan fingerprint density at radius 2 is 1.71 bits per heavy atom. The first kappa shape index (κ1) is 14.9. The zero-order valence-electron chi connectivity index (χ0n) is 12.0. The van der Waals surface area contributed by atoms with Crippen molar-refractivity contribution in [2.75, 3.05) is 11.9 Å². The summed E-state index contributed by atoms with van der Waals surface area (Å²) in [5.41, 5.74) is 2.08. The van der Waals surface area contributed by atoms with Gasteiger partial charge in [-0.3, -0.25) is 0 Å². The maximum absolute atomic E-state index is 11.5. The van der Waals surface area contributed by atoms with Crippen LogP contribution in [0.1, 0.15) is 18.5 Å². The highest BCUT2D eigenvalue weighted by atomic mass is 16.5. The number of carbonyl (C=O) groups excluding carboxylic acids is 1. The molecule has 0 aliphatic carbocycles. The van der Waals surface area contributed by atoms with Crippen LogP contribution in [-0.4, -0.2) is 12.6 Å². The zero-order valence-corrected chi connectivity index (χ0v) is 12.0. The number of carbonyl (C=O) groups is 1. The first-order valence-electron chi connectivity index (χ1n) is 7.01. The Kier molecular flexibility index (Phi) is 5.59. The quantitative estimate of drug-likeness (QED) is 0.643. The van der Waals surface area contributed by atoms with Gasteiger partial charge in [0.1, 0.15) is 0 Å². The Bertz CT molecular complexity index is 579. The molecule has 2 aromatic rings. The van der Waals surface area contributed by atoms with Crippen molar-refractivity contribution in [2.24, 2.45) is 0 Å². The third-order valence-corrected chi connectivity index (χ3v) is 2.97. The number of esters is 1. The lowest BCUT2D eigenvalue weighted by molar-refractivity contribution is -0.137. The molecule has 0 saturated carbocycles. The van der Waals surface area contributed by atoms with E-state index >= 15 is 0 Å². The lowest BCUT2D eigenvalue weighted by atomic mass is 10.1. The number of hydrogen-bond donors (Lipinski definition) is 1. The molecule has 21 heavy (non-hydrogen) atoms. The molecular formula is C18H19NO2. The topological polar surface area (TPSA) is 38.3 Å². The minimum absolute atomic E-state index is 0.0852. The van der Waals surface area contributed by atoms with Gasteiger partial charge in [-0.2, -0.15) is 0 Å². The van der Waals surface area contributed by atoms with E-state index in [1.807, 2.05) is 66.7 Å². The molecule has 0 amide bonds. The molecule has 2 rings (SSSR count). The fourth-order valence-corrected chi connectivity index (χ4v) is 1.98. The second-order valence-corrected chi connectivity index (χ2v) is 4.51. The number of ether oxygens (including phenoxy) is 1. The molecule has 0 saturated heterocycles. The Morgan fingerprint density at radius 1 is 1.10 bits per heavy atom. The summed E-state index contributed by atoms with van der Waals surface area (Å²) in [6, 6.07) is 19.8. The average molecular weight is 281 g/mol. The third-order valence-electron chi connectivity index (χ3n) is 2.97. The molecule has 0 spiro atoms. The van der Waals surface area contributed by atoms with E-state index in [-0.39, 0.29) is 12.0 Å². The van der Waals surface area contributed by atoms with Crippen molar-refractivity contribution in [1.29, 1.82) is 0 Å². The lowest BCUT2D eigenvalue weighted by Crippen LogP contribution is -2.09. The van der Waals surface area contributed by atoms with Gasteiger partial charge in [0.2, 0.25) is 0 Å². The summed E-state index contributed by atoms with van der Waals surface area (Å²) < 4.78 is 4.92. The van der Waals surface area contributed by atoms with Gasteiger partial charge in [-0.05, 0) is 24.6 Å². The van der Waals surface area contributed by atoms with Gasteiger partial charge in [-0.15, -0.1) is 0 Å². The molecule has 1 N–H and O–H groups in total. The summed E-state index contributed by atoms with van der Waals surface area (Å²) in [7, 11) is 0.